The van der Waals surface area contributed by atoms with Crippen LogP contribution in [0.2, 0.25) is 0 Å². The molecule has 0 aliphatic rings. The first-order valence-corrected chi connectivity index (χ1v) is 6.45. The predicted molar refractivity (Wildman–Crippen MR) is 81.6 cm³/mol. The number of hydrogen-bond donors (Lipinski definition) is 1. The number of thiocarbonyl (C=S) groups is 1. The van der Waals surface area contributed by atoms with Gasteiger partial charge in [0.25, 0.3) is 5.56 Å². The Balaban J connectivity index is 2.38. The smallest absolute Gasteiger partial charge is 0.261 e. The fourth-order valence-electron chi connectivity index (χ4n) is 1.95. The molecular formula is C15H16N2OS. The van der Waals surface area contributed by atoms with Crippen LogP contribution >= 0.6 is 12.2 Å². The van der Waals surface area contributed by atoms with E-state index in [9.17, 15) is 4.79 Å². The number of benzene rings is 1. The van der Waals surface area contributed by atoms with Crippen molar-refractivity contribution in [2.24, 2.45) is 5.73 Å². The molecule has 0 atom stereocenters. The zero-order chi connectivity index (χ0) is 14.0. The van der Waals surface area contributed by atoms with Crippen molar-refractivity contribution in [1.29, 1.82) is 0 Å². The van der Waals surface area contributed by atoms with Crippen molar-refractivity contribution in [2.45, 2.75) is 20.4 Å². The molecule has 19 heavy (non-hydrogen) atoms. The van der Waals surface area contributed by atoms with Crippen molar-refractivity contribution in [3.05, 3.63) is 69.1 Å². The monoisotopic (exact) mass is 272 g/mol. The van der Waals surface area contributed by atoms with Gasteiger partial charge in [0.1, 0.15) is 4.99 Å². The molecule has 0 bridgehead atoms. The first-order valence-electron chi connectivity index (χ1n) is 6.04. The van der Waals surface area contributed by atoms with Crippen molar-refractivity contribution in [2.75, 3.05) is 0 Å². The van der Waals surface area contributed by atoms with E-state index < -0.39 is 0 Å². The van der Waals surface area contributed by atoms with E-state index in [0.29, 0.717) is 12.1 Å². The van der Waals surface area contributed by atoms with Crippen molar-refractivity contribution < 1.29 is 0 Å². The number of aryl methyl sites for hydroxylation is 2. The first kappa shape index (κ1) is 13.5. The van der Waals surface area contributed by atoms with E-state index in [0.717, 1.165) is 5.56 Å². The first-order chi connectivity index (χ1) is 8.99. The van der Waals surface area contributed by atoms with Crippen LogP contribution in [0, 0.1) is 13.8 Å². The topological polar surface area (TPSA) is 48.0 Å². The van der Waals surface area contributed by atoms with Gasteiger partial charge in [0, 0.05) is 6.20 Å². The third-order valence-corrected chi connectivity index (χ3v) is 3.43. The normalized spacial score (nSPS) is 10.4. The van der Waals surface area contributed by atoms with E-state index in [1.807, 2.05) is 6.07 Å². The molecule has 2 N–H and O–H groups in total. The highest BCUT2D eigenvalue weighted by Crippen LogP contribution is 2.10. The van der Waals surface area contributed by atoms with Gasteiger partial charge in [-0.05, 0) is 42.7 Å². The second-order valence-corrected chi connectivity index (χ2v) is 5.08. The summed E-state index contributed by atoms with van der Waals surface area (Å²) >= 11 is 4.88. The van der Waals surface area contributed by atoms with Crippen LogP contribution in [0.4, 0.5) is 0 Å². The standard InChI is InChI=1S/C15H16N2OS/c1-10-5-6-12(8-11(10)2)9-17-7-3-4-13(14(16)19)15(17)18/h3-8H,9H2,1-2H3,(H2,16,19). The van der Waals surface area contributed by atoms with Crippen LogP contribution in [0.3, 0.4) is 0 Å². The summed E-state index contributed by atoms with van der Waals surface area (Å²) in [6.07, 6.45) is 1.75. The van der Waals surface area contributed by atoms with Crippen molar-refractivity contribution in [1.82, 2.24) is 4.57 Å². The van der Waals surface area contributed by atoms with Crippen LogP contribution in [0.5, 0.6) is 0 Å². The van der Waals surface area contributed by atoms with Crippen molar-refractivity contribution >= 4 is 17.2 Å². The maximum absolute atomic E-state index is 12.2. The fraction of sp³-hybridized carbons (Fsp3) is 0.200. The van der Waals surface area contributed by atoms with E-state index in [1.165, 1.54) is 11.1 Å². The van der Waals surface area contributed by atoms with Gasteiger partial charge in [-0.1, -0.05) is 30.4 Å². The molecular weight excluding hydrogens is 256 g/mol. The molecule has 0 amide bonds. The molecule has 0 aliphatic carbocycles. The molecule has 0 unspecified atom stereocenters. The van der Waals surface area contributed by atoms with Gasteiger partial charge in [0.2, 0.25) is 0 Å². The number of nitrogens with zero attached hydrogens (tertiary/aromatic N) is 1. The summed E-state index contributed by atoms with van der Waals surface area (Å²) < 4.78 is 1.62. The Hall–Kier alpha value is -1.94. The molecule has 0 spiro atoms. The summed E-state index contributed by atoms with van der Waals surface area (Å²) in [5.74, 6) is 0. The van der Waals surface area contributed by atoms with Crippen LogP contribution in [0.1, 0.15) is 22.3 Å². The van der Waals surface area contributed by atoms with E-state index in [-0.39, 0.29) is 10.5 Å². The molecule has 3 nitrogen and oxygen atoms in total. The Bertz CT molecular complexity index is 689. The molecule has 4 heteroatoms. The van der Waals surface area contributed by atoms with Gasteiger partial charge in [-0.3, -0.25) is 4.79 Å². The summed E-state index contributed by atoms with van der Waals surface area (Å²) in [5.41, 5.74) is 9.33. The molecule has 2 aromatic rings. The lowest BCUT2D eigenvalue weighted by Crippen LogP contribution is -2.28. The van der Waals surface area contributed by atoms with E-state index in [1.54, 1.807) is 22.9 Å². The van der Waals surface area contributed by atoms with Crippen molar-refractivity contribution in [3.8, 4) is 0 Å². The lowest BCUT2D eigenvalue weighted by molar-refractivity contribution is 0.757. The second-order valence-electron chi connectivity index (χ2n) is 4.64. The van der Waals surface area contributed by atoms with Crippen LogP contribution < -0.4 is 11.3 Å². The third kappa shape index (κ3) is 2.90. The highest BCUT2D eigenvalue weighted by molar-refractivity contribution is 7.80. The Morgan fingerprint density at radius 2 is 2.00 bits per heavy atom. The minimum Gasteiger partial charge on any atom is -0.389 e. The summed E-state index contributed by atoms with van der Waals surface area (Å²) in [6, 6.07) is 9.63. The molecule has 0 fully saturated rings. The van der Waals surface area contributed by atoms with Crippen molar-refractivity contribution in [3.63, 3.8) is 0 Å². The zero-order valence-corrected chi connectivity index (χ0v) is 11.8. The summed E-state index contributed by atoms with van der Waals surface area (Å²) in [6.45, 7) is 4.65. The van der Waals surface area contributed by atoms with Crippen LogP contribution in [0.25, 0.3) is 0 Å². The predicted octanol–water partition coefficient (Wildman–Crippen LogP) is 2.15. The van der Waals surface area contributed by atoms with Gasteiger partial charge in [-0.15, -0.1) is 0 Å². The summed E-state index contributed by atoms with van der Waals surface area (Å²) in [7, 11) is 0. The molecule has 1 aromatic carbocycles. The van der Waals surface area contributed by atoms with Gasteiger partial charge in [-0.25, -0.2) is 0 Å². The molecule has 0 saturated carbocycles. The lowest BCUT2D eigenvalue weighted by atomic mass is 10.1. The highest BCUT2D eigenvalue weighted by atomic mass is 32.1. The van der Waals surface area contributed by atoms with Gasteiger partial charge >= 0.3 is 0 Å². The average molecular weight is 272 g/mol. The third-order valence-electron chi connectivity index (χ3n) is 3.21. The Labute approximate surface area is 117 Å². The average Bonchev–Trinajstić information content (AvgIpc) is 2.36. The lowest BCUT2D eigenvalue weighted by Gasteiger charge is -2.09. The summed E-state index contributed by atoms with van der Waals surface area (Å²) in [5, 5.41) is 0. The Morgan fingerprint density at radius 3 is 2.63 bits per heavy atom. The molecule has 2 rings (SSSR count). The van der Waals surface area contributed by atoms with E-state index >= 15 is 0 Å². The minimum absolute atomic E-state index is 0.138. The molecule has 0 saturated heterocycles. The molecule has 98 valence electrons. The quantitative estimate of drug-likeness (QED) is 0.871. The number of nitrogens with two attached hydrogens (primary N) is 1. The van der Waals surface area contributed by atoms with Gasteiger partial charge in [0.05, 0.1) is 12.1 Å². The maximum atomic E-state index is 12.2. The second kappa shape index (κ2) is 5.36. The largest absolute Gasteiger partial charge is 0.389 e. The Kier molecular flexibility index (Phi) is 3.81. The molecule has 0 radical (unpaired) electrons. The Morgan fingerprint density at radius 1 is 1.26 bits per heavy atom. The van der Waals surface area contributed by atoms with E-state index in [2.05, 4.69) is 26.0 Å². The van der Waals surface area contributed by atoms with Gasteiger partial charge < -0.3 is 10.3 Å². The molecule has 0 aliphatic heterocycles. The minimum atomic E-state index is -0.145. The molecule has 1 aromatic heterocycles. The van der Waals surface area contributed by atoms with Crippen LogP contribution in [-0.2, 0) is 6.54 Å². The number of pyridine rings is 1. The molecule has 1 heterocycles. The maximum Gasteiger partial charge on any atom is 0.261 e. The van der Waals surface area contributed by atoms with E-state index in [4.69, 9.17) is 18.0 Å². The number of hydrogen-bond acceptors (Lipinski definition) is 2. The fourth-order valence-corrected chi connectivity index (χ4v) is 2.10. The van der Waals surface area contributed by atoms with Crippen LogP contribution in [0.15, 0.2) is 41.3 Å². The van der Waals surface area contributed by atoms with Gasteiger partial charge in [-0.2, -0.15) is 0 Å². The highest BCUT2D eigenvalue weighted by Gasteiger charge is 2.06. The zero-order valence-electron chi connectivity index (χ0n) is 11.0. The van der Waals surface area contributed by atoms with Crippen LogP contribution in [-0.4, -0.2) is 9.56 Å². The SMILES string of the molecule is Cc1ccc(Cn2cccc(C(N)=S)c2=O)cc1C. The number of aromatic nitrogens is 1. The van der Waals surface area contributed by atoms with Gasteiger partial charge in [0.15, 0.2) is 0 Å². The number of rotatable bonds is 3. The summed E-state index contributed by atoms with van der Waals surface area (Å²) in [4.78, 5) is 12.3.